The molecule has 0 aromatic carbocycles. The molecule has 1 aliphatic heterocycles. The van der Waals surface area contributed by atoms with Crippen molar-refractivity contribution in [3.05, 3.63) is 18.2 Å². The highest BCUT2D eigenvalue weighted by Crippen LogP contribution is 2.18. The van der Waals surface area contributed by atoms with E-state index in [0.29, 0.717) is 19.8 Å². The van der Waals surface area contributed by atoms with Crippen LogP contribution in [0.25, 0.3) is 0 Å². The van der Waals surface area contributed by atoms with Crippen LogP contribution in [0.3, 0.4) is 0 Å². The fourth-order valence-corrected chi connectivity index (χ4v) is 2.18. The van der Waals surface area contributed by atoms with E-state index >= 15 is 0 Å². The molecular formula is C13H21N3O2. The van der Waals surface area contributed by atoms with E-state index in [1.807, 2.05) is 36.6 Å². The van der Waals surface area contributed by atoms with Crippen molar-refractivity contribution in [3.63, 3.8) is 0 Å². The first kappa shape index (κ1) is 13.1. The number of hydrogen-bond acceptors (Lipinski definition) is 3. The van der Waals surface area contributed by atoms with E-state index < -0.39 is 0 Å². The summed E-state index contributed by atoms with van der Waals surface area (Å²) in [4.78, 5) is 18.6. The van der Waals surface area contributed by atoms with E-state index in [4.69, 9.17) is 4.74 Å². The molecule has 100 valence electrons. The molecule has 1 fully saturated rings. The minimum absolute atomic E-state index is 0.0210. The summed E-state index contributed by atoms with van der Waals surface area (Å²) < 4.78 is 7.25. The molecule has 2 rings (SSSR count). The number of aromatic nitrogens is 2. The third-order valence-corrected chi connectivity index (χ3v) is 3.42. The van der Waals surface area contributed by atoms with Gasteiger partial charge in [0.2, 0.25) is 5.91 Å². The van der Waals surface area contributed by atoms with Crippen LogP contribution in [0.1, 0.15) is 26.1 Å². The van der Waals surface area contributed by atoms with Crippen LogP contribution in [-0.4, -0.2) is 39.6 Å². The average molecular weight is 251 g/mol. The second kappa shape index (κ2) is 5.52. The smallest absolute Gasteiger partial charge is 0.228 e. The molecule has 2 heterocycles. The van der Waals surface area contributed by atoms with Crippen LogP contribution in [0.2, 0.25) is 0 Å². The predicted octanol–water partition coefficient (Wildman–Crippen LogP) is 1.19. The maximum Gasteiger partial charge on any atom is 0.228 e. The van der Waals surface area contributed by atoms with Gasteiger partial charge in [-0.1, -0.05) is 0 Å². The van der Waals surface area contributed by atoms with Crippen LogP contribution in [0.15, 0.2) is 12.4 Å². The molecule has 1 aromatic rings. The molecule has 1 atom stereocenters. The molecule has 5 nitrogen and oxygen atoms in total. The third kappa shape index (κ3) is 2.72. The zero-order chi connectivity index (χ0) is 13.1. The van der Waals surface area contributed by atoms with E-state index in [0.717, 1.165) is 12.2 Å². The molecular weight excluding hydrogens is 230 g/mol. The van der Waals surface area contributed by atoms with Crippen LogP contribution in [0.5, 0.6) is 0 Å². The number of carbonyl (C=O) groups excluding carboxylic acids is 1. The number of amides is 1. The highest BCUT2D eigenvalue weighted by molar-refractivity contribution is 5.79. The molecule has 0 spiro atoms. The number of ether oxygens (including phenoxy) is 1. The lowest BCUT2D eigenvalue weighted by Crippen LogP contribution is -2.41. The van der Waals surface area contributed by atoms with Crippen molar-refractivity contribution in [2.24, 2.45) is 13.0 Å². The molecule has 0 radical (unpaired) electrons. The molecule has 0 unspecified atom stereocenters. The van der Waals surface area contributed by atoms with E-state index in [2.05, 4.69) is 4.98 Å². The van der Waals surface area contributed by atoms with Crippen molar-refractivity contribution >= 4 is 5.91 Å². The van der Waals surface area contributed by atoms with Crippen molar-refractivity contribution in [2.75, 3.05) is 13.2 Å². The Balaban J connectivity index is 2.08. The molecule has 1 aliphatic rings. The average Bonchev–Trinajstić information content (AvgIpc) is 2.96. The first-order valence-electron chi connectivity index (χ1n) is 6.44. The van der Waals surface area contributed by atoms with Gasteiger partial charge in [0.25, 0.3) is 0 Å². The van der Waals surface area contributed by atoms with Crippen molar-refractivity contribution in [1.29, 1.82) is 0 Å². The minimum atomic E-state index is 0.0210. The highest BCUT2D eigenvalue weighted by atomic mass is 16.5. The summed E-state index contributed by atoms with van der Waals surface area (Å²) in [7, 11) is 1.95. The van der Waals surface area contributed by atoms with Gasteiger partial charge in [0.1, 0.15) is 5.82 Å². The molecule has 0 aliphatic carbocycles. The van der Waals surface area contributed by atoms with Gasteiger partial charge in [-0.2, -0.15) is 0 Å². The Morgan fingerprint density at radius 1 is 1.67 bits per heavy atom. The summed E-state index contributed by atoms with van der Waals surface area (Å²) in [6, 6.07) is 0.176. The summed E-state index contributed by atoms with van der Waals surface area (Å²) in [6.45, 7) is 5.90. The molecule has 0 N–H and O–H groups in total. The summed E-state index contributed by atoms with van der Waals surface area (Å²) in [5.74, 6) is 1.12. The van der Waals surface area contributed by atoms with Crippen molar-refractivity contribution in [2.45, 2.75) is 32.9 Å². The molecule has 0 bridgehead atoms. The zero-order valence-corrected chi connectivity index (χ0v) is 11.3. The second-order valence-corrected chi connectivity index (χ2v) is 5.07. The first-order chi connectivity index (χ1) is 8.59. The van der Waals surface area contributed by atoms with Gasteiger partial charge in [0.15, 0.2) is 0 Å². The number of rotatable bonds is 4. The Hall–Kier alpha value is -1.36. The summed E-state index contributed by atoms with van der Waals surface area (Å²) in [5, 5.41) is 0. The SMILES string of the molecule is CC(C)N(Cc1nccn1C)C(=O)[C@H]1CCOC1. The molecule has 0 saturated carbocycles. The van der Waals surface area contributed by atoms with Gasteiger partial charge in [0, 0.05) is 32.1 Å². The van der Waals surface area contributed by atoms with Crippen LogP contribution in [0, 0.1) is 5.92 Å². The topological polar surface area (TPSA) is 47.4 Å². The van der Waals surface area contributed by atoms with Crippen LogP contribution >= 0.6 is 0 Å². The normalized spacial score (nSPS) is 19.4. The fourth-order valence-electron chi connectivity index (χ4n) is 2.18. The van der Waals surface area contributed by atoms with Gasteiger partial charge in [-0.05, 0) is 20.3 Å². The Morgan fingerprint density at radius 3 is 2.94 bits per heavy atom. The zero-order valence-electron chi connectivity index (χ0n) is 11.3. The number of aryl methyl sites for hydroxylation is 1. The number of nitrogens with zero attached hydrogens (tertiary/aromatic N) is 3. The predicted molar refractivity (Wildman–Crippen MR) is 67.8 cm³/mol. The van der Waals surface area contributed by atoms with Crippen molar-refractivity contribution < 1.29 is 9.53 Å². The lowest BCUT2D eigenvalue weighted by atomic mass is 10.1. The van der Waals surface area contributed by atoms with Crippen molar-refractivity contribution in [3.8, 4) is 0 Å². The lowest BCUT2D eigenvalue weighted by molar-refractivity contribution is -0.138. The standard InChI is InChI=1S/C13H21N3O2/c1-10(2)16(8-12-14-5-6-15(12)3)13(17)11-4-7-18-9-11/h5-6,10-11H,4,7-9H2,1-3H3/t11-/m0/s1. The van der Waals surface area contributed by atoms with E-state index in [1.54, 1.807) is 6.20 Å². The summed E-state index contributed by atoms with van der Waals surface area (Å²) >= 11 is 0. The van der Waals surface area contributed by atoms with Gasteiger partial charge in [-0.15, -0.1) is 0 Å². The van der Waals surface area contributed by atoms with E-state index in [9.17, 15) is 4.79 Å². The number of imidazole rings is 1. The Kier molecular flexibility index (Phi) is 4.01. The van der Waals surface area contributed by atoms with Gasteiger partial charge in [0.05, 0.1) is 19.1 Å². The van der Waals surface area contributed by atoms with E-state index in [1.165, 1.54) is 0 Å². The van der Waals surface area contributed by atoms with Gasteiger partial charge in [-0.25, -0.2) is 4.98 Å². The maximum atomic E-state index is 12.4. The highest BCUT2D eigenvalue weighted by Gasteiger charge is 2.29. The Bertz CT molecular complexity index is 408. The third-order valence-electron chi connectivity index (χ3n) is 3.42. The number of hydrogen-bond donors (Lipinski definition) is 0. The van der Waals surface area contributed by atoms with E-state index in [-0.39, 0.29) is 17.9 Å². The van der Waals surface area contributed by atoms with Crippen molar-refractivity contribution in [1.82, 2.24) is 14.5 Å². The molecule has 18 heavy (non-hydrogen) atoms. The first-order valence-corrected chi connectivity index (χ1v) is 6.44. The van der Waals surface area contributed by atoms with Crippen LogP contribution in [-0.2, 0) is 23.1 Å². The van der Waals surface area contributed by atoms with Crippen LogP contribution in [0.4, 0.5) is 0 Å². The maximum absolute atomic E-state index is 12.4. The summed E-state index contributed by atoms with van der Waals surface area (Å²) in [6.07, 6.45) is 4.50. The van der Waals surface area contributed by atoms with Gasteiger partial charge < -0.3 is 14.2 Å². The molecule has 5 heteroatoms. The molecule has 1 saturated heterocycles. The van der Waals surface area contributed by atoms with Gasteiger partial charge in [-0.3, -0.25) is 4.79 Å². The molecule has 1 aromatic heterocycles. The monoisotopic (exact) mass is 251 g/mol. The lowest BCUT2D eigenvalue weighted by Gasteiger charge is -2.28. The fraction of sp³-hybridized carbons (Fsp3) is 0.692. The molecule has 1 amide bonds. The Labute approximate surface area is 108 Å². The summed E-state index contributed by atoms with van der Waals surface area (Å²) in [5.41, 5.74) is 0. The largest absolute Gasteiger partial charge is 0.381 e. The quantitative estimate of drug-likeness (QED) is 0.807. The van der Waals surface area contributed by atoms with Gasteiger partial charge >= 0.3 is 0 Å². The minimum Gasteiger partial charge on any atom is -0.381 e. The van der Waals surface area contributed by atoms with Crippen LogP contribution < -0.4 is 0 Å². The number of carbonyl (C=O) groups is 1. The Morgan fingerprint density at radius 2 is 2.44 bits per heavy atom. The second-order valence-electron chi connectivity index (χ2n) is 5.07.